The average Bonchev–Trinajstić information content (AvgIpc) is 3.16. The Balaban J connectivity index is 1.49. The lowest BCUT2D eigenvalue weighted by atomic mass is 10.2. The predicted molar refractivity (Wildman–Crippen MR) is 96.5 cm³/mol. The molecule has 130 valence electrons. The zero-order valence-electron chi connectivity index (χ0n) is 13.7. The van der Waals surface area contributed by atoms with Gasteiger partial charge in [0, 0.05) is 37.3 Å². The monoisotopic (exact) mass is 358 g/mol. The van der Waals surface area contributed by atoms with Crippen LogP contribution < -0.4 is 0 Å². The zero-order valence-corrected chi connectivity index (χ0v) is 14.5. The summed E-state index contributed by atoms with van der Waals surface area (Å²) in [6, 6.07) is 10.8. The van der Waals surface area contributed by atoms with Gasteiger partial charge in [-0.1, -0.05) is 29.8 Å². The average molecular weight is 359 g/mol. The first-order valence-corrected chi connectivity index (χ1v) is 8.52. The van der Waals surface area contributed by atoms with E-state index in [9.17, 15) is 9.59 Å². The third-order valence-corrected chi connectivity index (χ3v) is 4.50. The Kier molecular flexibility index (Phi) is 5.68. The minimum absolute atomic E-state index is 0.0385. The molecule has 2 heterocycles. The molecule has 1 aliphatic heterocycles. The van der Waals surface area contributed by atoms with Gasteiger partial charge in [0.1, 0.15) is 0 Å². The van der Waals surface area contributed by atoms with E-state index in [1.54, 1.807) is 35.3 Å². The van der Waals surface area contributed by atoms with Crippen LogP contribution in [-0.4, -0.2) is 54.2 Å². The molecule has 0 unspecified atom stereocenters. The second kappa shape index (κ2) is 8.14. The van der Waals surface area contributed by atoms with Gasteiger partial charge in [0.15, 0.2) is 5.76 Å². The molecule has 1 aliphatic rings. The molecule has 0 saturated carbocycles. The largest absolute Gasteiger partial charge is 0.461 e. The van der Waals surface area contributed by atoms with E-state index in [0.29, 0.717) is 43.5 Å². The van der Waals surface area contributed by atoms with Crippen LogP contribution in [0.15, 0.2) is 53.2 Å². The van der Waals surface area contributed by atoms with Gasteiger partial charge in [-0.3, -0.25) is 14.5 Å². The summed E-state index contributed by atoms with van der Waals surface area (Å²) >= 11 is 6.08. The summed E-state index contributed by atoms with van der Waals surface area (Å²) in [5.74, 6) is 0.293. The number of halogens is 1. The molecule has 1 aromatic heterocycles. The minimum atomic E-state index is -0.0445. The molecule has 1 amide bonds. The van der Waals surface area contributed by atoms with Crippen molar-refractivity contribution in [2.45, 2.75) is 0 Å². The molecule has 0 radical (unpaired) electrons. The highest BCUT2D eigenvalue weighted by Crippen LogP contribution is 2.16. The van der Waals surface area contributed by atoms with Gasteiger partial charge in [-0.15, -0.1) is 0 Å². The number of carbonyl (C=O) groups excluding carboxylic acids is 2. The lowest BCUT2D eigenvalue weighted by molar-refractivity contribution is -0.127. The van der Waals surface area contributed by atoms with Crippen molar-refractivity contribution in [3.8, 4) is 0 Å². The van der Waals surface area contributed by atoms with Gasteiger partial charge in [0.05, 0.1) is 12.8 Å². The summed E-state index contributed by atoms with van der Waals surface area (Å²) in [6.07, 6.45) is 4.78. The van der Waals surface area contributed by atoms with Crippen LogP contribution >= 0.6 is 11.6 Å². The number of piperazine rings is 1. The highest BCUT2D eigenvalue weighted by Gasteiger charge is 2.22. The normalized spacial score (nSPS) is 15.6. The molecule has 0 aliphatic carbocycles. The van der Waals surface area contributed by atoms with Gasteiger partial charge >= 0.3 is 0 Å². The number of hydrogen-bond acceptors (Lipinski definition) is 4. The molecule has 0 N–H and O–H groups in total. The first-order chi connectivity index (χ1) is 12.1. The maximum atomic E-state index is 12.3. The molecule has 3 rings (SSSR count). The Morgan fingerprint density at radius 2 is 1.84 bits per heavy atom. The van der Waals surface area contributed by atoms with E-state index in [1.165, 1.54) is 6.26 Å². The van der Waals surface area contributed by atoms with E-state index in [0.717, 1.165) is 5.56 Å². The van der Waals surface area contributed by atoms with Gasteiger partial charge in [0.2, 0.25) is 11.7 Å². The molecule has 1 saturated heterocycles. The van der Waals surface area contributed by atoms with E-state index >= 15 is 0 Å². The first kappa shape index (κ1) is 17.5. The second-order valence-corrected chi connectivity index (χ2v) is 6.26. The van der Waals surface area contributed by atoms with Crippen LogP contribution in [0.3, 0.4) is 0 Å². The van der Waals surface area contributed by atoms with Crippen LogP contribution in [0.5, 0.6) is 0 Å². The molecular weight excluding hydrogens is 340 g/mol. The molecule has 0 bridgehead atoms. The molecule has 0 atom stereocenters. The van der Waals surface area contributed by atoms with E-state index in [1.807, 2.05) is 23.1 Å². The van der Waals surface area contributed by atoms with Crippen molar-refractivity contribution in [3.63, 3.8) is 0 Å². The van der Waals surface area contributed by atoms with E-state index in [2.05, 4.69) is 0 Å². The summed E-state index contributed by atoms with van der Waals surface area (Å²) in [6.45, 7) is 2.83. The minimum Gasteiger partial charge on any atom is -0.461 e. The van der Waals surface area contributed by atoms with Crippen molar-refractivity contribution in [1.82, 2.24) is 9.80 Å². The molecule has 1 fully saturated rings. The maximum Gasteiger partial charge on any atom is 0.246 e. The molecule has 25 heavy (non-hydrogen) atoms. The van der Waals surface area contributed by atoms with Crippen LogP contribution in [0.1, 0.15) is 16.1 Å². The predicted octanol–water partition coefficient (Wildman–Crippen LogP) is 2.97. The standard InChI is InChI=1S/C19H19ClN2O3/c20-16-5-2-1-4-15(16)7-8-19(24)22-11-9-21(10-12-22)14-17(23)18-6-3-13-25-18/h1-8,13H,9-12,14H2/b8-7+. The van der Waals surface area contributed by atoms with Gasteiger partial charge < -0.3 is 9.32 Å². The Hall–Kier alpha value is -2.37. The molecule has 6 heteroatoms. The number of benzene rings is 1. The van der Waals surface area contributed by atoms with Gasteiger partial charge in [-0.05, 0) is 29.8 Å². The zero-order chi connectivity index (χ0) is 17.6. The number of nitrogens with zero attached hydrogens (tertiary/aromatic N) is 2. The SMILES string of the molecule is O=C(CN1CCN(C(=O)/C=C/c2ccccc2Cl)CC1)c1ccco1. The van der Waals surface area contributed by atoms with Crippen LogP contribution in [0.2, 0.25) is 5.02 Å². The number of rotatable bonds is 5. The highest BCUT2D eigenvalue weighted by molar-refractivity contribution is 6.32. The summed E-state index contributed by atoms with van der Waals surface area (Å²) in [5.41, 5.74) is 0.820. The van der Waals surface area contributed by atoms with Crippen LogP contribution in [-0.2, 0) is 4.79 Å². The number of Topliss-reactive ketones (excluding diaryl/α,β-unsaturated/α-hetero) is 1. The van der Waals surface area contributed by atoms with Crippen LogP contribution in [0, 0.1) is 0 Å². The van der Waals surface area contributed by atoms with E-state index in [-0.39, 0.29) is 11.7 Å². The number of carbonyl (C=O) groups is 2. The molecule has 2 aromatic rings. The van der Waals surface area contributed by atoms with Crippen molar-refractivity contribution in [2.24, 2.45) is 0 Å². The maximum absolute atomic E-state index is 12.3. The number of hydrogen-bond donors (Lipinski definition) is 0. The first-order valence-electron chi connectivity index (χ1n) is 8.14. The van der Waals surface area contributed by atoms with Crippen molar-refractivity contribution in [1.29, 1.82) is 0 Å². The fourth-order valence-corrected chi connectivity index (χ4v) is 2.92. The fraction of sp³-hybridized carbons (Fsp3) is 0.263. The Labute approximate surface area is 151 Å². The lowest BCUT2D eigenvalue weighted by Crippen LogP contribution is -2.49. The number of amides is 1. The van der Waals surface area contributed by atoms with Gasteiger partial charge in [-0.2, -0.15) is 0 Å². The van der Waals surface area contributed by atoms with E-state index < -0.39 is 0 Å². The molecular formula is C19H19ClN2O3. The Morgan fingerprint density at radius 3 is 2.52 bits per heavy atom. The van der Waals surface area contributed by atoms with Crippen molar-refractivity contribution in [3.05, 3.63) is 65.1 Å². The summed E-state index contributed by atoms with van der Waals surface area (Å²) in [7, 11) is 0. The third-order valence-electron chi connectivity index (χ3n) is 4.16. The molecule has 0 spiro atoms. The van der Waals surface area contributed by atoms with Crippen molar-refractivity contribution >= 4 is 29.4 Å². The van der Waals surface area contributed by atoms with Crippen molar-refractivity contribution < 1.29 is 14.0 Å². The Morgan fingerprint density at radius 1 is 1.08 bits per heavy atom. The second-order valence-electron chi connectivity index (χ2n) is 5.86. The number of ketones is 1. The summed E-state index contributed by atoms with van der Waals surface area (Å²) in [5, 5.41) is 0.618. The van der Waals surface area contributed by atoms with Crippen LogP contribution in [0.4, 0.5) is 0 Å². The van der Waals surface area contributed by atoms with E-state index in [4.69, 9.17) is 16.0 Å². The van der Waals surface area contributed by atoms with Gasteiger partial charge in [0.25, 0.3) is 0 Å². The van der Waals surface area contributed by atoms with Crippen molar-refractivity contribution in [2.75, 3.05) is 32.7 Å². The summed E-state index contributed by atoms with van der Waals surface area (Å²) < 4.78 is 5.12. The molecule has 1 aromatic carbocycles. The highest BCUT2D eigenvalue weighted by atomic mass is 35.5. The topological polar surface area (TPSA) is 53.8 Å². The lowest BCUT2D eigenvalue weighted by Gasteiger charge is -2.33. The summed E-state index contributed by atoms with van der Waals surface area (Å²) in [4.78, 5) is 28.1. The third kappa shape index (κ3) is 4.59. The smallest absolute Gasteiger partial charge is 0.246 e. The van der Waals surface area contributed by atoms with Gasteiger partial charge in [-0.25, -0.2) is 0 Å². The fourth-order valence-electron chi connectivity index (χ4n) is 2.72. The Bertz CT molecular complexity index is 763. The molecule has 5 nitrogen and oxygen atoms in total. The quantitative estimate of drug-likeness (QED) is 0.609. The number of furan rings is 1. The van der Waals surface area contributed by atoms with Crippen LogP contribution in [0.25, 0.3) is 6.08 Å².